The molecule has 2 amide bonds. The predicted molar refractivity (Wildman–Crippen MR) is 426 cm³/mol. The van der Waals surface area contributed by atoms with Crippen molar-refractivity contribution in [2.24, 2.45) is 11.7 Å². The van der Waals surface area contributed by atoms with E-state index in [1.54, 1.807) is 71.7 Å². The van der Waals surface area contributed by atoms with Crippen LogP contribution in [0.5, 0.6) is 0 Å². The number of nitrogens with zero attached hydrogens (tertiary/aromatic N) is 9. The number of H-pyrrole nitrogens is 7. The van der Waals surface area contributed by atoms with Crippen molar-refractivity contribution in [1.29, 1.82) is 0 Å². The summed E-state index contributed by atoms with van der Waals surface area (Å²) in [6.07, 6.45) is 2.76. The van der Waals surface area contributed by atoms with E-state index in [-0.39, 0.29) is 152 Å². The zero-order valence-electron chi connectivity index (χ0n) is 70.0. The zero-order valence-corrected chi connectivity index (χ0v) is 73.0. The van der Waals surface area contributed by atoms with Crippen LogP contribution in [0.4, 0.5) is 4.79 Å². The van der Waals surface area contributed by atoms with Crippen molar-refractivity contribution in [2.45, 2.75) is 209 Å². The topological polar surface area (TPSA) is 591 Å². The fourth-order valence-electron chi connectivity index (χ4n) is 7.77. The molecule has 0 aliphatic heterocycles. The van der Waals surface area contributed by atoms with Gasteiger partial charge in [-0.25, -0.2) is 33.8 Å². The smallest absolute Gasteiger partial charge is 1.00 e. The molecule has 7 aromatic rings. The third-order valence-electron chi connectivity index (χ3n) is 12.8. The van der Waals surface area contributed by atoms with Gasteiger partial charge in [0.15, 0.2) is 22.9 Å². The van der Waals surface area contributed by atoms with E-state index in [0.29, 0.717) is 42.2 Å². The maximum absolute atomic E-state index is 12.0. The molecule has 0 saturated carbocycles. The van der Waals surface area contributed by atoms with Crippen LogP contribution in [0.3, 0.4) is 0 Å². The summed E-state index contributed by atoms with van der Waals surface area (Å²) < 4.78 is 23.1. The summed E-state index contributed by atoms with van der Waals surface area (Å²) in [5.41, 5.74) is 10.5. The average Bonchev–Trinajstić information content (AvgIpc) is 1.40. The van der Waals surface area contributed by atoms with E-state index in [4.69, 9.17) is 19.4 Å². The molecule has 42 heteroatoms. The summed E-state index contributed by atoms with van der Waals surface area (Å²) in [4.78, 5) is 114. The number of ether oxygens (including phenoxy) is 5. The molecule has 0 fully saturated rings. The maximum Gasteiger partial charge on any atom is 2.00 e. The third-order valence-corrected chi connectivity index (χ3v) is 12.8. The molecular weight excluding hydrogens is 1560 g/mol. The molecule has 0 radical (unpaired) electrons. The van der Waals surface area contributed by atoms with Gasteiger partial charge in [0.1, 0.15) is 17.1 Å². The Morgan fingerprint density at radius 3 is 1.10 bits per heavy atom. The van der Waals surface area contributed by atoms with Crippen molar-refractivity contribution in [2.75, 3.05) is 61.7 Å². The summed E-state index contributed by atoms with van der Waals surface area (Å²) in [6, 6.07) is 13.4. The van der Waals surface area contributed by atoms with E-state index in [2.05, 4.69) is 141 Å². The summed E-state index contributed by atoms with van der Waals surface area (Å²) in [7, 11) is 8.62. The summed E-state index contributed by atoms with van der Waals surface area (Å²) >= 11 is 0. The molecule has 0 saturated heterocycles. The number of aromatic amines is 7. The van der Waals surface area contributed by atoms with Gasteiger partial charge in [-0.3, -0.25) is 71.4 Å². The second kappa shape index (κ2) is 74.3. The molecule has 642 valence electrons. The van der Waals surface area contributed by atoms with Crippen molar-refractivity contribution >= 4 is 82.2 Å². The SMILES string of the molecule is C.C.CCC(=O)c1cc(C)[nH]n1.CCC(NC)c1cc(C)[nH]n1.CCC(NC)c1cc(C)[nH]n1.CCC(c1cc(C)[nH]n1)N(C)C(=O)OC(C)(C)C.CCOC(=O)C(=O)CC(C)=O.CCOC(=O)C(=O)OCC.CCOC(=O)c1cc(C)[nH]n1.CON(C)C(=O)c1cc(C)[nH]n1.Cc1cc(C(=O)O)n[nH]1.NN.O.[Br-].[CH2-]C.[Li+].[Mg+2].[OH-]. The van der Waals surface area contributed by atoms with Gasteiger partial charge in [0.2, 0.25) is 5.78 Å². The molecule has 0 spiro atoms. The van der Waals surface area contributed by atoms with Crippen LogP contribution < -0.4 is 58.2 Å². The molecule has 114 heavy (non-hydrogen) atoms. The van der Waals surface area contributed by atoms with E-state index in [0.717, 1.165) is 81.3 Å². The number of esters is 4. The largest absolute Gasteiger partial charge is 2.00 e. The number of hydrogen-bond acceptors (Lipinski definition) is 28. The molecule has 0 aliphatic rings. The molecule has 3 unspecified atom stereocenters. The van der Waals surface area contributed by atoms with Gasteiger partial charge in [-0.2, -0.15) is 42.6 Å². The first-order valence-corrected chi connectivity index (χ1v) is 34.2. The Hall–Kier alpha value is -8.87. The Morgan fingerprint density at radius 1 is 0.526 bits per heavy atom. The number of nitrogens with two attached hydrogens (primary N) is 2. The van der Waals surface area contributed by atoms with E-state index in [9.17, 15) is 47.9 Å². The van der Waals surface area contributed by atoms with E-state index in [1.807, 2.05) is 96.3 Å². The van der Waals surface area contributed by atoms with Gasteiger partial charge in [0.05, 0.1) is 75.2 Å². The van der Waals surface area contributed by atoms with E-state index < -0.39 is 35.3 Å². The molecule has 3 atom stereocenters. The van der Waals surface area contributed by atoms with Crippen LogP contribution in [0, 0.1) is 55.4 Å². The fraction of sp³-hybridized carbons (Fsp3) is 0.556. The number of aromatic nitrogens is 14. The first kappa shape index (κ1) is 129. The standard InChI is InChI=1S/C13H23N3O2.2C8H15N3.C7H11N3O2.C7H10N2O2.C7H10N2O.C7H10O4.C6H10O4.C5H6N2O2.C2H5.2CH4.BrH.Li.Mg.H4N2.2H2O/c1-7-11(10-8-9(2)14-15-10)16(6)12(17)18-13(3,4)5;2*1-4-7(9-3)8-5-6(2)10-11-8;1-5-4-6(9-8-5)7(11)10(2)12-3;1-3-11-7(10)6-4-5(2)8-9-6;1-3-7(10)6-4-5(2)8-9-6;1-3-11-7(10)6(9)4-5(2)8;1-3-9-5(7)6(8)10-4-2;1-3-2-4(5(8)9)7-6-3;1-2;;;;;;1-2;;/h8,11H,7H2,1-6H3,(H,14,15);2*5,7,9H,4H2,1-3H3,(H,10,11);4H,1-3H3,(H,8,9);4H,3H2,1-2H3,(H,8,9);4H,3H2,1-2H3,(H,8,9);3-4H2,1-2H3;3-4H2,1-2H3;2H,1H3,(H,6,7)(H,8,9);1H2,2H3;2*1H4;1H;;;1-2H2;2*1H2/q;;;;;;;;;-1;;;;+1;+2;;;/p-2. The Kier molecular flexibility index (Phi) is 83.8. The van der Waals surface area contributed by atoms with Crippen LogP contribution in [0.1, 0.15) is 254 Å². The number of rotatable bonds is 22. The Balaban J connectivity index is -0.000000115. The van der Waals surface area contributed by atoms with Gasteiger partial charge >= 0.3 is 77.9 Å². The number of aryl methyl sites for hydroxylation is 7. The maximum atomic E-state index is 12.0. The van der Waals surface area contributed by atoms with Gasteiger partial charge in [0, 0.05) is 60.4 Å². The number of carboxylic acid groups (broad SMARTS) is 1. The molecule has 39 nitrogen and oxygen atoms in total. The first-order valence-electron chi connectivity index (χ1n) is 34.2. The minimum atomic E-state index is -1.00. The number of halogens is 1. The number of hydrazine groups is 1. The van der Waals surface area contributed by atoms with Gasteiger partial charge in [-0.05, 0) is 180 Å². The van der Waals surface area contributed by atoms with Crippen LogP contribution >= 0.6 is 0 Å². The number of carboxylic acids is 1. The van der Waals surface area contributed by atoms with Crippen molar-refractivity contribution in [3.05, 3.63) is 129 Å². The summed E-state index contributed by atoms with van der Waals surface area (Å²) in [5, 5.41) is 62.5. The van der Waals surface area contributed by atoms with Crippen LogP contribution in [-0.2, 0) is 52.5 Å². The van der Waals surface area contributed by atoms with Crippen molar-refractivity contribution in [3.63, 3.8) is 0 Å². The van der Waals surface area contributed by atoms with Crippen molar-refractivity contribution in [3.8, 4) is 0 Å². The molecular formula is C72H130BrLiMgN20O19. The molecule has 7 heterocycles. The summed E-state index contributed by atoms with van der Waals surface area (Å²) in [5.74, 6) is 2.56. The monoisotopic (exact) mass is 1690 g/mol. The van der Waals surface area contributed by atoms with Crippen LogP contribution in [0.15, 0.2) is 42.5 Å². The van der Waals surface area contributed by atoms with Gasteiger partial charge < -0.3 is 79.2 Å². The number of Topliss-reactive ketones (excluding diaryl/α,β-unsaturated/α-hetero) is 3. The Labute approximate surface area is 710 Å². The second-order valence-corrected chi connectivity index (χ2v) is 22.9. The van der Waals surface area contributed by atoms with Crippen molar-refractivity contribution in [1.82, 2.24) is 92.0 Å². The van der Waals surface area contributed by atoms with Crippen LogP contribution in [0.2, 0.25) is 0 Å². The minimum Gasteiger partial charge on any atom is -1.00 e. The molecule has 7 rings (SSSR count). The van der Waals surface area contributed by atoms with Crippen molar-refractivity contribution < 1.29 is 128 Å². The molecule has 7 aromatic heterocycles. The normalized spacial score (nSPS) is 9.96. The molecule has 0 aliphatic carbocycles. The first-order chi connectivity index (χ1) is 50.4. The predicted octanol–water partition coefficient (Wildman–Crippen LogP) is 2.55. The third kappa shape index (κ3) is 57.2. The fourth-order valence-corrected chi connectivity index (χ4v) is 7.77. The number of amides is 2. The van der Waals surface area contributed by atoms with E-state index in [1.165, 1.54) is 27.1 Å². The summed E-state index contributed by atoms with van der Waals surface area (Å²) in [6.45, 7) is 40.7. The van der Waals surface area contributed by atoms with Gasteiger partial charge in [0.25, 0.3) is 5.91 Å². The van der Waals surface area contributed by atoms with Crippen LogP contribution in [0.25, 0.3) is 0 Å². The number of hydroxylamine groups is 2. The van der Waals surface area contributed by atoms with Crippen LogP contribution in [-0.4, -0.2) is 247 Å². The number of carbonyl (C=O) groups is 10. The van der Waals surface area contributed by atoms with E-state index >= 15 is 0 Å². The second-order valence-electron chi connectivity index (χ2n) is 22.9. The average molecular weight is 1690 g/mol. The molecule has 17 N–H and O–H groups in total. The number of hydrogen-bond donors (Lipinski definition) is 12. The quantitative estimate of drug-likeness (QED) is 0.00534. The number of aromatic carboxylic acids is 1. The number of carbonyl (C=O) groups excluding carboxylic acids is 9. The number of nitrogens with one attached hydrogen (secondary N) is 9. The Bertz CT molecular complexity index is 3590. The van der Waals surface area contributed by atoms with Gasteiger partial charge in [-0.15, -0.1) is 0 Å². The minimum absolute atomic E-state index is 0. The zero-order chi connectivity index (χ0) is 83.1. The molecule has 0 bridgehead atoms. The molecule has 0 aromatic carbocycles. The number of ketones is 3. The Morgan fingerprint density at radius 2 is 0.842 bits per heavy atom. The van der Waals surface area contributed by atoms with Gasteiger partial charge in [-0.1, -0.05) is 42.5 Å².